The van der Waals surface area contributed by atoms with Gasteiger partial charge in [0.05, 0.1) is 0 Å². The van der Waals surface area contributed by atoms with Crippen LogP contribution in [0.25, 0.3) is 10.9 Å². The van der Waals surface area contributed by atoms with Gasteiger partial charge in [-0.05, 0) is 44.5 Å². The van der Waals surface area contributed by atoms with Gasteiger partial charge < -0.3 is 4.57 Å². The van der Waals surface area contributed by atoms with E-state index in [0.29, 0.717) is 12.1 Å². The molecule has 1 aliphatic rings. The van der Waals surface area contributed by atoms with E-state index < -0.39 is 0 Å². The predicted octanol–water partition coefficient (Wildman–Crippen LogP) is 4.82. The minimum absolute atomic E-state index is 0.478. The highest BCUT2D eigenvalue weighted by molar-refractivity contribution is 5.86. The Kier molecular flexibility index (Phi) is 3.93. The van der Waals surface area contributed by atoms with Crippen LogP contribution in [0.3, 0.4) is 0 Å². The number of benzene rings is 2. The minimum Gasteiger partial charge on any atom is -0.344 e. The zero-order valence-electron chi connectivity index (χ0n) is 14.9. The third kappa shape index (κ3) is 2.46. The molecule has 2 atom stereocenters. The van der Waals surface area contributed by atoms with Gasteiger partial charge in [-0.2, -0.15) is 0 Å². The number of likely N-dealkylation sites (N-methyl/N-ethyl adjacent to an activating group) is 1. The van der Waals surface area contributed by atoms with E-state index in [0.717, 1.165) is 19.4 Å². The summed E-state index contributed by atoms with van der Waals surface area (Å²) in [4.78, 5) is 2.51. The van der Waals surface area contributed by atoms with Gasteiger partial charge in [0.25, 0.3) is 0 Å². The lowest BCUT2D eigenvalue weighted by Crippen LogP contribution is -2.38. The molecule has 2 unspecified atom stereocenters. The van der Waals surface area contributed by atoms with Crippen LogP contribution < -0.4 is 0 Å². The zero-order chi connectivity index (χ0) is 16.7. The highest BCUT2D eigenvalue weighted by atomic mass is 15.2. The van der Waals surface area contributed by atoms with Crippen molar-refractivity contribution in [3.8, 4) is 0 Å². The first kappa shape index (κ1) is 15.5. The van der Waals surface area contributed by atoms with Gasteiger partial charge >= 0.3 is 0 Å². The molecule has 0 bridgehead atoms. The van der Waals surface area contributed by atoms with Gasteiger partial charge in [0, 0.05) is 41.6 Å². The van der Waals surface area contributed by atoms with Gasteiger partial charge in [-0.1, -0.05) is 48.5 Å². The molecular weight excluding hydrogens is 292 g/mol. The van der Waals surface area contributed by atoms with Crippen molar-refractivity contribution in [1.82, 2.24) is 9.47 Å². The number of para-hydroxylation sites is 1. The molecule has 1 aromatic heterocycles. The lowest BCUT2D eigenvalue weighted by Gasteiger charge is -2.36. The second-order valence-electron chi connectivity index (χ2n) is 7.16. The first-order valence-corrected chi connectivity index (χ1v) is 9.02. The third-order valence-corrected chi connectivity index (χ3v) is 5.80. The van der Waals surface area contributed by atoms with Crippen molar-refractivity contribution in [2.75, 3.05) is 7.05 Å². The second-order valence-corrected chi connectivity index (χ2v) is 7.16. The van der Waals surface area contributed by atoms with Crippen molar-refractivity contribution in [1.29, 1.82) is 0 Å². The SMILES string of the molecule is CC1Cc2c(c3ccccc3n2CCc2ccccc2)C(C)N1C. The Morgan fingerprint density at radius 3 is 2.46 bits per heavy atom. The lowest BCUT2D eigenvalue weighted by atomic mass is 9.93. The summed E-state index contributed by atoms with van der Waals surface area (Å²) in [6, 6.07) is 20.8. The molecule has 0 spiro atoms. The molecule has 2 heteroatoms. The van der Waals surface area contributed by atoms with Crippen molar-refractivity contribution in [3.05, 3.63) is 71.4 Å². The van der Waals surface area contributed by atoms with Crippen LogP contribution in [0.5, 0.6) is 0 Å². The summed E-state index contributed by atoms with van der Waals surface area (Å²) in [6.45, 7) is 5.75. The van der Waals surface area contributed by atoms with E-state index in [-0.39, 0.29) is 0 Å². The molecular formula is C22H26N2. The van der Waals surface area contributed by atoms with Crippen LogP contribution in [-0.4, -0.2) is 22.6 Å². The smallest absolute Gasteiger partial charge is 0.0486 e. The Hall–Kier alpha value is -2.06. The highest BCUT2D eigenvalue weighted by Gasteiger charge is 2.31. The first-order chi connectivity index (χ1) is 11.7. The number of hydrogen-bond donors (Lipinski definition) is 0. The Bertz CT molecular complexity index is 847. The molecule has 3 aromatic rings. The number of rotatable bonds is 3. The third-order valence-electron chi connectivity index (χ3n) is 5.80. The summed E-state index contributed by atoms with van der Waals surface area (Å²) >= 11 is 0. The molecule has 0 N–H and O–H groups in total. The van der Waals surface area contributed by atoms with Gasteiger partial charge in [0.1, 0.15) is 0 Å². The first-order valence-electron chi connectivity index (χ1n) is 9.02. The summed E-state index contributed by atoms with van der Waals surface area (Å²) in [5.74, 6) is 0. The van der Waals surface area contributed by atoms with Crippen molar-refractivity contribution >= 4 is 10.9 Å². The predicted molar refractivity (Wildman–Crippen MR) is 101 cm³/mol. The maximum absolute atomic E-state index is 2.58. The summed E-state index contributed by atoms with van der Waals surface area (Å²) in [7, 11) is 2.26. The molecule has 2 heterocycles. The van der Waals surface area contributed by atoms with E-state index in [1.165, 1.54) is 16.5 Å². The summed E-state index contributed by atoms with van der Waals surface area (Å²) in [5, 5.41) is 1.44. The fraction of sp³-hybridized carbons (Fsp3) is 0.364. The Balaban J connectivity index is 1.79. The summed E-state index contributed by atoms with van der Waals surface area (Å²) in [6.07, 6.45) is 2.23. The molecule has 0 radical (unpaired) electrons. The molecule has 0 amide bonds. The normalized spacial score (nSPS) is 21.1. The Morgan fingerprint density at radius 1 is 0.958 bits per heavy atom. The topological polar surface area (TPSA) is 8.17 Å². The number of aryl methyl sites for hydroxylation is 2. The van der Waals surface area contributed by atoms with Crippen LogP contribution in [0.15, 0.2) is 54.6 Å². The highest BCUT2D eigenvalue weighted by Crippen LogP contribution is 2.39. The lowest BCUT2D eigenvalue weighted by molar-refractivity contribution is 0.177. The number of aromatic nitrogens is 1. The van der Waals surface area contributed by atoms with E-state index in [2.05, 4.69) is 85.0 Å². The molecule has 124 valence electrons. The number of hydrogen-bond acceptors (Lipinski definition) is 1. The number of nitrogens with zero attached hydrogens (tertiary/aromatic N) is 2. The maximum Gasteiger partial charge on any atom is 0.0486 e. The van der Waals surface area contributed by atoms with E-state index in [9.17, 15) is 0 Å². The van der Waals surface area contributed by atoms with Gasteiger partial charge in [-0.15, -0.1) is 0 Å². The average Bonchev–Trinajstić information content (AvgIpc) is 2.92. The quantitative estimate of drug-likeness (QED) is 0.672. The van der Waals surface area contributed by atoms with Gasteiger partial charge in [-0.25, -0.2) is 0 Å². The zero-order valence-corrected chi connectivity index (χ0v) is 14.9. The van der Waals surface area contributed by atoms with Crippen molar-refractivity contribution < 1.29 is 0 Å². The van der Waals surface area contributed by atoms with Crippen molar-refractivity contribution in [2.45, 2.75) is 45.3 Å². The molecule has 2 aromatic carbocycles. The van der Waals surface area contributed by atoms with Crippen LogP contribution in [0, 0.1) is 0 Å². The molecule has 0 saturated carbocycles. The maximum atomic E-state index is 2.58. The van der Waals surface area contributed by atoms with Crippen LogP contribution >= 0.6 is 0 Å². The molecule has 0 fully saturated rings. The fourth-order valence-electron chi connectivity index (χ4n) is 4.22. The number of fused-ring (bicyclic) bond motifs is 3. The van der Waals surface area contributed by atoms with Crippen LogP contribution in [0.4, 0.5) is 0 Å². The summed E-state index contributed by atoms with van der Waals surface area (Å²) in [5.41, 5.74) is 5.90. The van der Waals surface area contributed by atoms with Crippen molar-refractivity contribution in [2.24, 2.45) is 0 Å². The molecule has 1 aliphatic heterocycles. The van der Waals surface area contributed by atoms with Crippen LogP contribution in [0.1, 0.15) is 36.7 Å². The molecule has 24 heavy (non-hydrogen) atoms. The Labute approximate surface area is 144 Å². The largest absolute Gasteiger partial charge is 0.344 e. The van der Waals surface area contributed by atoms with Gasteiger partial charge in [0.15, 0.2) is 0 Å². The van der Waals surface area contributed by atoms with E-state index in [1.807, 2.05) is 0 Å². The second kappa shape index (κ2) is 6.10. The van der Waals surface area contributed by atoms with Crippen molar-refractivity contribution in [3.63, 3.8) is 0 Å². The van der Waals surface area contributed by atoms with E-state index >= 15 is 0 Å². The molecule has 0 aliphatic carbocycles. The van der Waals surface area contributed by atoms with E-state index in [4.69, 9.17) is 0 Å². The van der Waals surface area contributed by atoms with Crippen LogP contribution in [0.2, 0.25) is 0 Å². The van der Waals surface area contributed by atoms with Crippen LogP contribution in [-0.2, 0) is 19.4 Å². The minimum atomic E-state index is 0.478. The summed E-state index contributed by atoms with van der Waals surface area (Å²) < 4.78 is 2.58. The van der Waals surface area contributed by atoms with Gasteiger partial charge in [-0.3, -0.25) is 4.90 Å². The molecule has 2 nitrogen and oxygen atoms in total. The van der Waals surface area contributed by atoms with E-state index in [1.54, 1.807) is 11.3 Å². The average molecular weight is 318 g/mol. The molecule has 0 saturated heterocycles. The Morgan fingerprint density at radius 2 is 1.67 bits per heavy atom. The molecule has 4 rings (SSSR count). The standard InChI is InChI=1S/C22H26N2/c1-16-15-21-22(17(2)23(16)3)19-11-7-8-12-20(19)24(21)14-13-18-9-5-4-6-10-18/h4-12,16-17H,13-15H2,1-3H3. The monoisotopic (exact) mass is 318 g/mol. The van der Waals surface area contributed by atoms with Gasteiger partial charge in [0.2, 0.25) is 0 Å². The fourth-order valence-corrected chi connectivity index (χ4v) is 4.22.